The first-order valence-corrected chi connectivity index (χ1v) is 15.5. The third-order valence-corrected chi connectivity index (χ3v) is 7.81. The lowest BCUT2D eigenvalue weighted by Crippen LogP contribution is -2.54. The predicted molar refractivity (Wildman–Crippen MR) is 178 cm³/mol. The first-order chi connectivity index (χ1) is 23.2. The molecule has 2 aliphatic rings. The molecule has 0 spiro atoms. The normalized spacial score (nSPS) is 18.0. The number of nitrogens with zero attached hydrogens (tertiary/aromatic N) is 1. The molecular weight excluding hydrogens is 612 g/mol. The molecule has 0 aromatic heterocycles. The van der Waals surface area contributed by atoms with Crippen LogP contribution in [0.5, 0.6) is 5.75 Å². The highest BCUT2D eigenvalue weighted by molar-refractivity contribution is 5.93. The molecule has 11 nitrogen and oxygen atoms in total. The van der Waals surface area contributed by atoms with Crippen molar-refractivity contribution in [2.45, 2.75) is 31.5 Å². The van der Waals surface area contributed by atoms with Crippen molar-refractivity contribution in [2.24, 2.45) is 0 Å². The molecule has 48 heavy (non-hydrogen) atoms. The number of carboxylic acid groups (broad SMARTS) is 1. The smallest absolute Gasteiger partial charge is 0.326 e. The van der Waals surface area contributed by atoms with Gasteiger partial charge in [-0.1, -0.05) is 97.1 Å². The van der Waals surface area contributed by atoms with Gasteiger partial charge in [-0.25, -0.2) is 4.79 Å². The summed E-state index contributed by atoms with van der Waals surface area (Å²) in [4.78, 5) is 66.6. The molecule has 4 amide bonds. The fourth-order valence-electron chi connectivity index (χ4n) is 5.33. The first-order valence-electron chi connectivity index (χ1n) is 15.5. The second-order valence-electron chi connectivity index (χ2n) is 11.4. The van der Waals surface area contributed by atoms with Gasteiger partial charge in [0.15, 0.2) is 6.61 Å². The third kappa shape index (κ3) is 9.52. The number of nitrogens with one attached hydrogen (secondary N) is 3. The lowest BCUT2D eigenvalue weighted by atomic mass is 9.99. The molecule has 246 valence electrons. The number of carbonyl (C=O) groups excluding carboxylic acids is 4. The van der Waals surface area contributed by atoms with E-state index >= 15 is 0 Å². The molecule has 2 heterocycles. The molecule has 2 bridgehead atoms. The minimum atomic E-state index is -1.27. The van der Waals surface area contributed by atoms with Crippen LogP contribution < -0.4 is 20.7 Å². The van der Waals surface area contributed by atoms with Gasteiger partial charge in [-0.05, 0) is 39.9 Å². The quantitative estimate of drug-likeness (QED) is 0.235. The van der Waals surface area contributed by atoms with Crippen LogP contribution in [-0.2, 0) is 43.4 Å². The van der Waals surface area contributed by atoms with Crippen LogP contribution in [0, 0.1) is 0 Å². The summed E-state index contributed by atoms with van der Waals surface area (Å²) in [5.74, 6) is -3.25. The maximum Gasteiger partial charge on any atom is 0.326 e. The number of carboxylic acids is 1. The molecule has 0 fully saturated rings. The van der Waals surface area contributed by atoms with Crippen molar-refractivity contribution in [1.29, 1.82) is 0 Å². The molecule has 0 saturated carbocycles. The van der Waals surface area contributed by atoms with Crippen LogP contribution in [0.4, 0.5) is 0 Å². The van der Waals surface area contributed by atoms with Gasteiger partial charge in [-0.3, -0.25) is 19.2 Å². The predicted octanol–water partition coefficient (Wildman–Crippen LogP) is 2.73. The van der Waals surface area contributed by atoms with Crippen LogP contribution in [0.1, 0.15) is 16.7 Å². The van der Waals surface area contributed by atoms with E-state index in [9.17, 15) is 29.1 Å². The van der Waals surface area contributed by atoms with Gasteiger partial charge in [0.1, 0.15) is 17.8 Å². The topological polar surface area (TPSA) is 154 Å². The maximum atomic E-state index is 14.2. The van der Waals surface area contributed by atoms with E-state index in [2.05, 4.69) is 16.0 Å². The van der Waals surface area contributed by atoms with Gasteiger partial charge in [0.2, 0.25) is 17.7 Å². The Kier molecular flexibility index (Phi) is 11.2. The third-order valence-electron chi connectivity index (χ3n) is 7.81. The average molecular weight is 649 g/mol. The lowest BCUT2D eigenvalue weighted by molar-refractivity contribution is -0.143. The van der Waals surface area contributed by atoms with Crippen LogP contribution in [0.2, 0.25) is 0 Å². The van der Waals surface area contributed by atoms with E-state index in [0.717, 1.165) is 22.3 Å². The number of hydrogen-bond donors (Lipinski definition) is 4. The summed E-state index contributed by atoms with van der Waals surface area (Å²) in [6.45, 7) is -1.20. The molecule has 4 N–H and O–H groups in total. The van der Waals surface area contributed by atoms with Gasteiger partial charge < -0.3 is 30.7 Å². The number of aliphatic carboxylic acids is 1. The van der Waals surface area contributed by atoms with Crippen LogP contribution >= 0.6 is 0 Å². The van der Waals surface area contributed by atoms with Crippen LogP contribution in [0.3, 0.4) is 0 Å². The standard InChI is InChI=1S/C37H36N4O7/c42-33-21-38-35(44)24-48-30-17-13-26(14-18-30)20-32(37(46)47)40-34(43)23-41(22-27-7-3-1-4-8-27)36(45)31(39-33)19-25-11-15-29(16-12-25)28-9-5-2-6-10-28/h1-18,31-32H,19-24H2,(H,38,44)(H,39,42)(H,40,43)(H,46,47)/t31-,32+/m1/s1. The Hall–Kier alpha value is -5.97. The lowest BCUT2D eigenvalue weighted by Gasteiger charge is -2.28. The second-order valence-corrected chi connectivity index (χ2v) is 11.4. The van der Waals surface area contributed by atoms with Gasteiger partial charge >= 0.3 is 5.97 Å². The molecule has 0 unspecified atom stereocenters. The average Bonchev–Trinajstić information content (AvgIpc) is 3.10. The number of rotatable bonds is 6. The number of benzene rings is 4. The van der Waals surface area contributed by atoms with Gasteiger partial charge in [0.25, 0.3) is 5.91 Å². The van der Waals surface area contributed by atoms with E-state index < -0.39 is 54.8 Å². The Morgan fingerprint density at radius 1 is 0.729 bits per heavy atom. The monoisotopic (exact) mass is 648 g/mol. The van der Waals surface area contributed by atoms with Gasteiger partial charge in [0.05, 0.1) is 13.1 Å². The fraction of sp³-hybridized carbons (Fsp3) is 0.216. The summed E-state index contributed by atoms with van der Waals surface area (Å²) in [5, 5.41) is 17.7. The van der Waals surface area contributed by atoms with Crippen molar-refractivity contribution in [2.75, 3.05) is 19.7 Å². The Bertz CT molecular complexity index is 1730. The van der Waals surface area contributed by atoms with Crippen LogP contribution in [0.25, 0.3) is 11.1 Å². The summed E-state index contributed by atoms with van der Waals surface area (Å²) in [6, 6.07) is 30.5. The molecule has 2 atom stereocenters. The first kappa shape index (κ1) is 33.4. The Balaban J connectivity index is 1.44. The van der Waals surface area contributed by atoms with Gasteiger partial charge in [-0.15, -0.1) is 0 Å². The molecule has 0 aliphatic carbocycles. The molecule has 0 radical (unpaired) electrons. The minimum absolute atomic E-state index is 0.0217. The summed E-state index contributed by atoms with van der Waals surface area (Å²) < 4.78 is 5.50. The zero-order valence-electron chi connectivity index (χ0n) is 26.1. The zero-order valence-corrected chi connectivity index (χ0v) is 26.1. The number of fused-ring (bicyclic) bond motifs is 16. The van der Waals surface area contributed by atoms with Crippen molar-refractivity contribution in [3.8, 4) is 16.9 Å². The van der Waals surface area contributed by atoms with E-state index in [1.54, 1.807) is 48.5 Å². The molecular formula is C37H36N4O7. The molecule has 4 aromatic rings. The fourth-order valence-corrected chi connectivity index (χ4v) is 5.33. The molecule has 0 saturated heterocycles. The molecule has 6 rings (SSSR count). The maximum absolute atomic E-state index is 14.2. The van der Waals surface area contributed by atoms with E-state index in [1.165, 1.54) is 4.90 Å². The number of hydrogen-bond acceptors (Lipinski definition) is 6. The Labute approximate surface area is 277 Å². The van der Waals surface area contributed by atoms with Crippen molar-refractivity contribution in [3.63, 3.8) is 0 Å². The van der Waals surface area contributed by atoms with Crippen LogP contribution in [-0.4, -0.2) is 71.4 Å². The number of amides is 4. The van der Waals surface area contributed by atoms with Crippen molar-refractivity contribution < 1.29 is 33.8 Å². The van der Waals surface area contributed by atoms with Crippen molar-refractivity contribution in [3.05, 3.63) is 126 Å². The summed E-state index contributed by atoms with van der Waals surface area (Å²) in [5.41, 5.74) is 4.10. The Morgan fingerprint density at radius 3 is 2.04 bits per heavy atom. The largest absolute Gasteiger partial charge is 0.484 e. The van der Waals surface area contributed by atoms with Gasteiger partial charge in [-0.2, -0.15) is 0 Å². The van der Waals surface area contributed by atoms with E-state index in [1.807, 2.05) is 60.7 Å². The van der Waals surface area contributed by atoms with Crippen LogP contribution in [0.15, 0.2) is 109 Å². The Morgan fingerprint density at radius 2 is 1.38 bits per heavy atom. The molecule has 2 aliphatic heterocycles. The minimum Gasteiger partial charge on any atom is -0.484 e. The summed E-state index contributed by atoms with van der Waals surface area (Å²) in [6.07, 6.45) is 0.0709. The number of carbonyl (C=O) groups is 5. The summed E-state index contributed by atoms with van der Waals surface area (Å²) in [7, 11) is 0. The second kappa shape index (κ2) is 16.0. The molecule has 4 aromatic carbocycles. The highest BCUT2D eigenvalue weighted by atomic mass is 16.5. The van der Waals surface area contributed by atoms with E-state index in [-0.39, 0.29) is 26.0 Å². The zero-order chi connectivity index (χ0) is 33.9. The van der Waals surface area contributed by atoms with Gasteiger partial charge in [0, 0.05) is 19.4 Å². The van der Waals surface area contributed by atoms with E-state index in [4.69, 9.17) is 4.74 Å². The highest BCUT2D eigenvalue weighted by Crippen LogP contribution is 2.20. The summed E-state index contributed by atoms with van der Waals surface area (Å²) >= 11 is 0. The highest BCUT2D eigenvalue weighted by Gasteiger charge is 2.30. The number of ether oxygens (including phenoxy) is 1. The SMILES string of the molecule is O=C1COc2ccc(cc2)C[C@@H](C(=O)O)NC(=O)CN(Cc2ccccc2)C(=O)[C@@H](Cc2ccc(-c3ccccc3)cc2)NC(=O)CN1. The van der Waals surface area contributed by atoms with E-state index in [0.29, 0.717) is 11.3 Å². The molecule has 11 heteroatoms. The van der Waals surface area contributed by atoms with Crippen molar-refractivity contribution in [1.82, 2.24) is 20.9 Å². The van der Waals surface area contributed by atoms with Crippen molar-refractivity contribution >= 4 is 29.6 Å².